The average Bonchev–Trinajstić information content (AvgIpc) is 2.47. The van der Waals surface area contributed by atoms with Crippen LogP contribution < -0.4 is 5.73 Å². The molecule has 1 aromatic heterocycles. The molecule has 2 atom stereocenters. The smallest absolute Gasteiger partial charge is 0.0481 e. The highest BCUT2D eigenvalue weighted by atomic mass is 14.7. The zero-order chi connectivity index (χ0) is 13.1. The minimum absolute atomic E-state index is 0.317. The Morgan fingerprint density at radius 1 is 1.16 bits per heavy atom. The number of aromatic nitrogens is 1. The van der Waals surface area contributed by atoms with E-state index in [1.807, 2.05) is 6.20 Å². The Hall–Kier alpha value is -0.890. The Morgan fingerprint density at radius 3 is 2.84 bits per heavy atom. The van der Waals surface area contributed by atoms with Crippen molar-refractivity contribution >= 4 is 0 Å². The van der Waals surface area contributed by atoms with Crippen LogP contribution in [0.5, 0.6) is 0 Å². The molecular formula is C17H26N2. The average molecular weight is 258 g/mol. The number of hydrogen-bond donors (Lipinski definition) is 1. The van der Waals surface area contributed by atoms with Crippen LogP contribution in [0.15, 0.2) is 18.3 Å². The molecule has 0 aliphatic heterocycles. The summed E-state index contributed by atoms with van der Waals surface area (Å²) in [6.07, 6.45) is 13.9. The van der Waals surface area contributed by atoms with Gasteiger partial charge in [0.05, 0.1) is 0 Å². The maximum atomic E-state index is 6.55. The van der Waals surface area contributed by atoms with Gasteiger partial charge >= 0.3 is 0 Å². The molecule has 0 aromatic carbocycles. The van der Waals surface area contributed by atoms with Crippen LogP contribution in [0.3, 0.4) is 0 Å². The Bertz CT molecular complexity index is 409. The molecule has 1 heterocycles. The van der Waals surface area contributed by atoms with Crippen LogP contribution in [0.2, 0.25) is 0 Å². The van der Waals surface area contributed by atoms with Gasteiger partial charge in [-0.3, -0.25) is 4.98 Å². The second-order valence-electron chi connectivity index (χ2n) is 6.45. The van der Waals surface area contributed by atoms with Crippen molar-refractivity contribution in [3.63, 3.8) is 0 Å². The lowest BCUT2D eigenvalue weighted by Crippen LogP contribution is -2.34. The molecule has 1 saturated carbocycles. The fourth-order valence-electron chi connectivity index (χ4n) is 4.03. The van der Waals surface area contributed by atoms with Crippen LogP contribution in [-0.2, 0) is 6.42 Å². The van der Waals surface area contributed by atoms with Gasteiger partial charge < -0.3 is 5.73 Å². The van der Waals surface area contributed by atoms with Crippen LogP contribution in [0.1, 0.15) is 68.5 Å². The summed E-state index contributed by atoms with van der Waals surface area (Å²) in [6.45, 7) is 0. The summed E-state index contributed by atoms with van der Waals surface area (Å²) < 4.78 is 0. The number of rotatable bonds is 3. The van der Waals surface area contributed by atoms with E-state index in [0.717, 1.165) is 5.92 Å². The highest BCUT2D eigenvalue weighted by molar-refractivity contribution is 5.27. The highest BCUT2D eigenvalue weighted by Crippen LogP contribution is 2.36. The third kappa shape index (κ3) is 3.00. The van der Waals surface area contributed by atoms with Gasteiger partial charge in [-0.2, -0.15) is 0 Å². The molecule has 2 nitrogen and oxygen atoms in total. The second-order valence-corrected chi connectivity index (χ2v) is 6.45. The van der Waals surface area contributed by atoms with Gasteiger partial charge in [-0.05, 0) is 43.2 Å². The number of hydrogen-bond acceptors (Lipinski definition) is 2. The lowest BCUT2D eigenvalue weighted by atomic mass is 9.77. The van der Waals surface area contributed by atoms with Crippen LogP contribution in [0, 0.1) is 5.92 Å². The molecule has 1 fully saturated rings. The third-order valence-electron chi connectivity index (χ3n) is 5.09. The molecule has 0 spiro atoms. The van der Waals surface area contributed by atoms with Gasteiger partial charge in [-0.15, -0.1) is 0 Å². The predicted molar refractivity (Wildman–Crippen MR) is 79.1 cm³/mol. The van der Waals surface area contributed by atoms with E-state index in [4.69, 9.17) is 5.73 Å². The molecule has 19 heavy (non-hydrogen) atoms. The van der Waals surface area contributed by atoms with Gasteiger partial charge in [0, 0.05) is 23.9 Å². The molecule has 0 saturated heterocycles. The van der Waals surface area contributed by atoms with Crippen LogP contribution >= 0.6 is 0 Å². The molecule has 2 unspecified atom stereocenters. The zero-order valence-corrected chi connectivity index (χ0v) is 11.9. The Labute approximate surface area is 116 Å². The van der Waals surface area contributed by atoms with E-state index < -0.39 is 0 Å². The number of nitrogens with two attached hydrogens (primary N) is 1. The monoisotopic (exact) mass is 258 g/mol. The number of fused-ring (bicyclic) bond motifs is 1. The zero-order valence-electron chi connectivity index (χ0n) is 11.9. The van der Waals surface area contributed by atoms with E-state index in [1.54, 1.807) is 0 Å². The molecular weight excluding hydrogens is 232 g/mol. The van der Waals surface area contributed by atoms with Crippen molar-refractivity contribution in [2.75, 3.05) is 0 Å². The van der Waals surface area contributed by atoms with Gasteiger partial charge in [0.1, 0.15) is 0 Å². The standard InChI is InChI=1S/C17H26N2/c18-16(12-13-6-2-1-3-7-13)15-10-4-8-14-9-5-11-19-17(14)15/h5,9,11,13,15-16H,1-4,6-8,10,12,18H2. The van der Waals surface area contributed by atoms with E-state index in [0.29, 0.717) is 12.0 Å². The Kier molecular flexibility index (Phi) is 4.17. The molecule has 3 rings (SSSR count). The van der Waals surface area contributed by atoms with Crippen molar-refractivity contribution in [2.45, 2.75) is 69.7 Å². The van der Waals surface area contributed by atoms with Crippen LogP contribution in [0.4, 0.5) is 0 Å². The summed E-state index contributed by atoms with van der Waals surface area (Å²) in [6, 6.07) is 4.62. The topological polar surface area (TPSA) is 38.9 Å². The van der Waals surface area contributed by atoms with Crippen molar-refractivity contribution in [1.29, 1.82) is 0 Å². The first-order valence-corrected chi connectivity index (χ1v) is 8.04. The Balaban J connectivity index is 1.68. The quantitative estimate of drug-likeness (QED) is 0.895. The number of pyridine rings is 1. The van der Waals surface area contributed by atoms with Gasteiger partial charge in [0.15, 0.2) is 0 Å². The molecule has 0 radical (unpaired) electrons. The molecule has 2 aliphatic carbocycles. The molecule has 2 N–H and O–H groups in total. The lowest BCUT2D eigenvalue weighted by Gasteiger charge is -2.32. The van der Waals surface area contributed by atoms with Crippen molar-refractivity contribution in [3.8, 4) is 0 Å². The predicted octanol–water partition coefficient (Wildman–Crippen LogP) is 3.80. The normalized spacial score (nSPS) is 25.8. The second kappa shape index (κ2) is 6.04. The van der Waals surface area contributed by atoms with Crippen LogP contribution in [0.25, 0.3) is 0 Å². The molecule has 1 aromatic rings. The molecule has 104 valence electrons. The molecule has 2 heteroatoms. The van der Waals surface area contributed by atoms with E-state index in [9.17, 15) is 0 Å². The maximum Gasteiger partial charge on any atom is 0.0481 e. The SMILES string of the molecule is NC(CC1CCCCC1)C1CCCc2cccnc21. The van der Waals surface area contributed by atoms with E-state index in [2.05, 4.69) is 17.1 Å². The van der Waals surface area contributed by atoms with Gasteiger partial charge in [-0.1, -0.05) is 38.2 Å². The van der Waals surface area contributed by atoms with E-state index in [-0.39, 0.29) is 0 Å². The summed E-state index contributed by atoms with van der Waals surface area (Å²) in [5, 5.41) is 0. The first-order valence-electron chi connectivity index (χ1n) is 8.04. The van der Waals surface area contributed by atoms with Crippen molar-refractivity contribution < 1.29 is 0 Å². The van der Waals surface area contributed by atoms with E-state index in [1.165, 1.54) is 69.0 Å². The van der Waals surface area contributed by atoms with Crippen LogP contribution in [-0.4, -0.2) is 11.0 Å². The molecule has 0 amide bonds. The lowest BCUT2D eigenvalue weighted by molar-refractivity contribution is 0.293. The summed E-state index contributed by atoms with van der Waals surface area (Å²) in [4.78, 5) is 4.63. The van der Waals surface area contributed by atoms with Gasteiger partial charge in [-0.25, -0.2) is 0 Å². The first kappa shape index (κ1) is 13.1. The minimum Gasteiger partial charge on any atom is -0.327 e. The Morgan fingerprint density at radius 2 is 2.00 bits per heavy atom. The first-order chi connectivity index (χ1) is 9.34. The fourth-order valence-corrected chi connectivity index (χ4v) is 4.03. The molecule has 2 aliphatic rings. The largest absolute Gasteiger partial charge is 0.327 e. The summed E-state index contributed by atoms with van der Waals surface area (Å²) >= 11 is 0. The van der Waals surface area contributed by atoms with Crippen molar-refractivity contribution in [3.05, 3.63) is 29.6 Å². The number of aryl methyl sites for hydroxylation is 1. The summed E-state index contributed by atoms with van der Waals surface area (Å²) in [7, 11) is 0. The van der Waals surface area contributed by atoms with E-state index >= 15 is 0 Å². The third-order valence-corrected chi connectivity index (χ3v) is 5.09. The van der Waals surface area contributed by atoms with Gasteiger partial charge in [0.2, 0.25) is 0 Å². The fraction of sp³-hybridized carbons (Fsp3) is 0.706. The number of nitrogens with zero attached hydrogens (tertiary/aromatic N) is 1. The highest BCUT2D eigenvalue weighted by Gasteiger charge is 2.28. The van der Waals surface area contributed by atoms with Crippen molar-refractivity contribution in [2.24, 2.45) is 11.7 Å². The van der Waals surface area contributed by atoms with Crippen molar-refractivity contribution in [1.82, 2.24) is 4.98 Å². The summed E-state index contributed by atoms with van der Waals surface area (Å²) in [5.41, 5.74) is 9.30. The van der Waals surface area contributed by atoms with Gasteiger partial charge in [0.25, 0.3) is 0 Å². The maximum absolute atomic E-state index is 6.55. The summed E-state index contributed by atoms with van der Waals surface area (Å²) in [5.74, 6) is 1.38. The molecule has 0 bridgehead atoms. The minimum atomic E-state index is 0.317.